The second kappa shape index (κ2) is 8.79. The zero-order chi connectivity index (χ0) is 17.5. The first-order valence-corrected chi connectivity index (χ1v) is 8.98. The molecule has 1 heterocycles. The molecule has 1 unspecified atom stereocenters. The summed E-state index contributed by atoms with van der Waals surface area (Å²) in [5.74, 6) is 0.157. The van der Waals surface area contributed by atoms with Crippen molar-refractivity contribution in [2.24, 2.45) is 5.92 Å². The van der Waals surface area contributed by atoms with E-state index in [-0.39, 0.29) is 18.4 Å². The Labute approximate surface area is 149 Å². The van der Waals surface area contributed by atoms with E-state index >= 15 is 0 Å². The number of carbonyl (C=O) groups excluding carboxylic acids is 1. The maximum Gasteiger partial charge on any atom is 0.224 e. The van der Waals surface area contributed by atoms with E-state index in [0.29, 0.717) is 6.54 Å². The normalized spacial score (nSPS) is 18.0. The number of amides is 1. The fourth-order valence-corrected chi connectivity index (χ4v) is 3.47. The van der Waals surface area contributed by atoms with Crippen molar-refractivity contribution in [2.45, 2.75) is 32.5 Å². The number of rotatable bonds is 6. The van der Waals surface area contributed by atoms with Crippen molar-refractivity contribution in [3.05, 3.63) is 71.3 Å². The van der Waals surface area contributed by atoms with E-state index in [2.05, 4.69) is 34.5 Å². The maximum atomic E-state index is 12.6. The highest BCUT2D eigenvalue weighted by atomic mass is 16.3. The number of carbonyl (C=O) groups is 1. The molecule has 1 atom stereocenters. The third-order valence-corrected chi connectivity index (χ3v) is 4.87. The molecule has 0 radical (unpaired) electrons. The van der Waals surface area contributed by atoms with E-state index < -0.39 is 0 Å². The molecule has 2 aromatic carbocycles. The van der Waals surface area contributed by atoms with E-state index in [0.717, 1.165) is 43.6 Å². The summed E-state index contributed by atoms with van der Waals surface area (Å²) in [6.45, 7) is 3.23. The summed E-state index contributed by atoms with van der Waals surface area (Å²) in [5, 5.41) is 12.4. The van der Waals surface area contributed by atoms with Crippen LogP contribution in [0.4, 0.5) is 0 Å². The fraction of sp³-hybridized carbons (Fsp3) is 0.381. The van der Waals surface area contributed by atoms with Crippen LogP contribution in [0.5, 0.6) is 0 Å². The van der Waals surface area contributed by atoms with Crippen LogP contribution < -0.4 is 5.32 Å². The predicted octanol–water partition coefficient (Wildman–Crippen LogP) is 2.71. The number of aliphatic hydroxyl groups excluding tert-OH is 1. The van der Waals surface area contributed by atoms with Crippen molar-refractivity contribution < 1.29 is 9.90 Å². The van der Waals surface area contributed by atoms with Gasteiger partial charge in [0.2, 0.25) is 5.91 Å². The summed E-state index contributed by atoms with van der Waals surface area (Å²) in [7, 11) is 0. The first-order valence-electron chi connectivity index (χ1n) is 8.98. The van der Waals surface area contributed by atoms with E-state index in [4.69, 9.17) is 0 Å². The molecule has 4 heteroatoms. The Morgan fingerprint density at radius 2 is 1.80 bits per heavy atom. The standard InChI is InChI=1S/C21H26N2O2/c24-16-20-10-5-4-9-18(20)13-22-21(25)19-11-6-12-23(15-19)14-17-7-2-1-3-8-17/h1-5,7-10,19,24H,6,11-16H2,(H,22,25). The predicted molar refractivity (Wildman–Crippen MR) is 98.7 cm³/mol. The van der Waals surface area contributed by atoms with Gasteiger partial charge in [0.05, 0.1) is 12.5 Å². The lowest BCUT2D eigenvalue weighted by Crippen LogP contribution is -2.42. The van der Waals surface area contributed by atoms with E-state index in [1.807, 2.05) is 30.3 Å². The lowest BCUT2D eigenvalue weighted by molar-refractivity contribution is -0.126. The highest BCUT2D eigenvalue weighted by Gasteiger charge is 2.25. The Morgan fingerprint density at radius 3 is 2.56 bits per heavy atom. The van der Waals surface area contributed by atoms with Gasteiger partial charge in [-0.25, -0.2) is 0 Å². The molecule has 1 aliphatic rings. The maximum absolute atomic E-state index is 12.6. The van der Waals surface area contributed by atoms with Crippen molar-refractivity contribution >= 4 is 5.91 Å². The average Bonchev–Trinajstić information content (AvgIpc) is 2.67. The Bertz CT molecular complexity index is 687. The number of nitrogens with zero attached hydrogens (tertiary/aromatic N) is 1. The van der Waals surface area contributed by atoms with Crippen molar-refractivity contribution in [3.8, 4) is 0 Å². The van der Waals surface area contributed by atoms with Crippen LogP contribution in [0.25, 0.3) is 0 Å². The third-order valence-electron chi connectivity index (χ3n) is 4.87. The molecule has 2 aromatic rings. The van der Waals surface area contributed by atoms with Crippen LogP contribution in [0.3, 0.4) is 0 Å². The first kappa shape index (κ1) is 17.6. The molecule has 1 saturated heterocycles. The van der Waals surface area contributed by atoms with Gasteiger partial charge in [0.1, 0.15) is 0 Å². The summed E-state index contributed by atoms with van der Waals surface area (Å²) in [6.07, 6.45) is 2.00. The van der Waals surface area contributed by atoms with E-state index in [9.17, 15) is 9.90 Å². The lowest BCUT2D eigenvalue weighted by atomic mass is 9.96. The largest absolute Gasteiger partial charge is 0.392 e. The summed E-state index contributed by atoms with van der Waals surface area (Å²) < 4.78 is 0. The van der Waals surface area contributed by atoms with Gasteiger partial charge in [-0.2, -0.15) is 0 Å². The molecule has 0 spiro atoms. The number of aliphatic hydroxyl groups is 1. The molecule has 0 bridgehead atoms. The summed E-state index contributed by atoms with van der Waals surface area (Å²) in [6, 6.07) is 18.1. The Morgan fingerprint density at radius 1 is 1.08 bits per heavy atom. The highest BCUT2D eigenvalue weighted by Crippen LogP contribution is 2.19. The molecular formula is C21H26N2O2. The number of piperidine rings is 1. The minimum atomic E-state index is 0.000323. The van der Waals surface area contributed by atoms with E-state index in [1.165, 1.54) is 5.56 Å². The van der Waals surface area contributed by atoms with Crippen LogP contribution in [0, 0.1) is 5.92 Å². The van der Waals surface area contributed by atoms with Crippen molar-refractivity contribution in [1.29, 1.82) is 0 Å². The minimum absolute atomic E-state index is 0.000323. The molecular weight excluding hydrogens is 312 g/mol. The van der Waals surface area contributed by atoms with Crippen LogP contribution >= 0.6 is 0 Å². The molecule has 1 fully saturated rings. The van der Waals surface area contributed by atoms with Gasteiger partial charge in [0, 0.05) is 19.6 Å². The van der Waals surface area contributed by atoms with Crippen molar-refractivity contribution in [1.82, 2.24) is 10.2 Å². The minimum Gasteiger partial charge on any atom is -0.392 e. The van der Waals surface area contributed by atoms with E-state index in [1.54, 1.807) is 0 Å². The monoisotopic (exact) mass is 338 g/mol. The lowest BCUT2D eigenvalue weighted by Gasteiger charge is -2.32. The van der Waals surface area contributed by atoms with Crippen LogP contribution in [0.2, 0.25) is 0 Å². The molecule has 1 amide bonds. The highest BCUT2D eigenvalue weighted by molar-refractivity contribution is 5.79. The average molecular weight is 338 g/mol. The molecule has 0 aliphatic carbocycles. The smallest absolute Gasteiger partial charge is 0.224 e. The molecule has 2 N–H and O–H groups in total. The van der Waals surface area contributed by atoms with Gasteiger partial charge in [-0.1, -0.05) is 54.6 Å². The molecule has 132 valence electrons. The van der Waals surface area contributed by atoms with Gasteiger partial charge in [-0.3, -0.25) is 9.69 Å². The fourth-order valence-electron chi connectivity index (χ4n) is 3.47. The van der Waals surface area contributed by atoms with Gasteiger partial charge >= 0.3 is 0 Å². The van der Waals surface area contributed by atoms with Gasteiger partial charge < -0.3 is 10.4 Å². The number of likely N-dealkylation sites (tertiary alicyclic amines) is 1. The second-order valence-corrected chi connectivity index (χ2v) is 6.70. The molecule has 0 saturated carbocycles. The van der Waals surface area contributed by atoms with Gasteiger partial charge in [-0.15, -0.1) is 0 Å². The summed E-state index contributed by atoms with van der Waals surface area (Å²) in [4.78, 5) is 14.9. The number of nitrogens with one attached hydrogen (secondary N) is 1. The Kier molecular flexibility index (Phi) is 6.20. The molecule has 1 aliphatic heterocycles. The SMILES string of the molecule is O=C(NCc1ccccc1CO)C1CCCN(Cc2ccccc2)C1. The molecule has 3 rings (SSSR count). The number of hydrogen-bond acceptors (Lipinski definition) is 3. The molecule has 25 heavy (non-hydrogen) atoms. The molecule has 0 aromatic heterocycles. The van der Waals surface area contributed by atoms with Crippen LogP contribution in [-0.2, 0) is 24.5 Å². The Balaban J connectivity index is 1.53. The number of benzene rings is 2. The van der Waals surface area contributed by atoms with Gasteiger partial charge in [0.25, 0.3) is 0 Å². The summed E-state index contributed by atoms with van der Waals surface area (Å²) in [5.41, 5.74) is 3.15. The number of hydrogen-bond donors (Lipinski definition) is 2. The first-order chi connectivity index (χ1) is 12.3. The Hall–Kier alpha value is -2.17. The van der Waals surface area contributed by atoms with Crippen LogP contribution in [0.15, 0.2) is 54.6 Å². The van der Waals surface area contributed by atoms with Crippen LogP contribution in [-0.4, -0.2) is 29.0 Å². The van der Waals surface area contributed by atoms with Crippen molar-refractivity contribution in [3.63, 3.8) is 0 Å². The zero-order valence-electron chi connectivity index (χ0n) is 14.5. The van der Waals surface area contributed by atoms with Gasteiger partial charge in [-0.05, 0) is 36.1 Å². The molecule has 4 nitrogen and oxygen atoms in total. The van der Waals surface area contributed by atoms with Gasteiger partial charge in [0.15, 0.2) is 0 Å². The quantitative estimate of drug-likeness (QED) is 0.851. The zero-order valence-corrected chi connectivity index (χ0v) is 14.5. The third kappa shape index (κ3) is 4.91. The summed E-state index contributed by atoms with van der Waals surface area (Å²) >= 11 is 0. The second-order valence-electron chi connectivity index (χ2n) is 6.70. The van der Waals surface area contributed by atoms with Crippen molar-refractivity contribution in [2.75, 3.05) is 13.1 Å². The topological polar surface area (TPSA) is 52.6 Å². The van der Waals surface area contributed by atoms with Crippen LogP contribution in [0.1, 0.15) is 29.5 Å².